The summed E-state index contributed by atoms with van der Waals surface area (Å²) < 4.78 is 5.94. The average molecular weight is 414 g/mol. The number of carbonyl (C=O) groups is 1. The van der Waals surface area contributed by atoms with Crippen molar-refractivity contribution in [1.29, 1.82) is 0 Å². The van der Waals surface area contributed by atoms with Crippen LogP contribution >= 0.6 is 23.1 Å². The number of benzene rings is 1. The SMILES string of the molecule is C[C@@H]1CCc2sc(-c3nnc(S[C@H](C(=O)N(C)C)c4ccccc4)o3)cc2C1. The van der Waals surface area contributed by atoms with E-state index in [-0.39, 0.29) is 5.91 Å². The molecule has 2 atom stereocenters. The number of aromatic nitrogens is 2. The molecule has 0 spiro atoms. The third-order valence-electron chi connectivity index (χ3n) is 4.93. The molecule has 0 aliphatic heterocycles. The van der Waals surface area contributed by atoms with Crippen LogP contribution in [0.25, 0.3) is 10.8 Å². The molecule has 1 aliphatic rings. The minimum atomic E-state index is -0.415. The topological polar surface area (TPSA) is 59.2 Å². The number of amides is 1. The molecule has 0 fully saturated rings. The number of hydrogen-bond donors (Lipinski definition) is 0. The van der Waals surface area contributed by atoms with Crippen molar-refractivity contribution >= 4 is 29.0 Å². The number of rotatable bonds is 5. The Bertz CT molecular complexity index is 965. The lowest BCUT2D eigenvalue weighted by Gasteiger charge is -2.18. The monoisotopic (exact) mass is 413 g/mol. The molecule has 28 heavy (non-hydrogen) atoms. The Hall–Kier alpha value is -2.12. The lowest BCUT2D eigenvalue weighted by atomic mass is 9.90. The molecule has 2 heterocycles. The molecule has 0 saturated carbocycles. The number of aryl methyl sites for hydroxylation is 1. The van der Waals surface area contributed by atoms with E-state index in [1.807, 2.05) is 30.3 Å². The molecule has 1 aliphatic carbocycles. The highest BCUT2D eigenvalue weighted by molar-refractivity contribution is 8.00. The first-order chi connectivity index (χ1) is 13.5. The first-order valence-electron chi connectivity index (χ1n) is 9.39. The van der Waals surface area contributed by atoms with Crippen LogP contribution in [-0.2, 0) is 17.6 Å². The summed E-state index contributed by atoms with van der Waals surface area (Å²) in [6.45, 7) is 2.30. The smallest absolute Gasteiger partial charge is 0.278 e. The molecule has 7 heteroatoms. The van der Waals surface area contributed by atoms with Gasteiger partial charge in [0, 0.05) is 19.0 Å². The van der Waals surface area contributed by atoms with Crippen molar-refractivity contribution in [2.24, 2.45) is 5.92 Å². The molecule has 0 unspecified atom stereocenters. The van der Waals surface area contributed by atoms with Crippen LogP contribution in [0.15, 0.2) is 46.0 Å². The average Bonchev–Trinajstić information content (AvgIpc) is 3.32. The molecular formula is C21H23N3O2S2. The number of carbonyl (C=O) groups excluding carboxylic acids is 1. The molecule has 3 aromatic rings. The molecule has 2 aromatic heterocycles. The molecule has 0 N–H and O–H groups in total. The van der Waals surface area contributed by atoms with Crippen LogP contribution in [0.5, 0.6) is 0 Å². The second kappa shape index (κ2) is 8.09. The summed E-state index contributed by atoms with van der Waals surface area (Å²) in [5.41, 5.74) is 2.34. The maximum atomic E-state index is 12.7. The number of nitrogens with zero attached hydrogens (tertiary/aromatic N) is 3. The number of thioether (sulfide) groups is 1. The van der Waals surface area contributed by atoms with Gasteiger partial charge >= 0.3 is 0 Å². The van der Waals surface area contributed by atoms with Gasteiger partial charge in [-0.2, -0.15) is 0 Å². The fraction of sp³-hybridized carbons (Fsp3) is 0.381. The standard InChI is InChI=1S/C21H23N3O2S2/c1-13-9-10-16-15(11-13)12-17(27-16)19-22-23-21(26-19)28-18(20(25)24(2)3)14-7-5-4-6-8-14/h4-8,12-13,18H,9-11H2,1-3H3/t13-,18+/m1/s1. The first-order valence-corrected chi connectivity index (χ1v) is 11.1. The Morgan fingerprint density at radius 1 is 1.29 bits per heavy atom. The van der Waals surface area contributed by atoms with Crippen LogP contribution in [0, 0.1) is 5.92 Å². The van der Waals surface area contributed by atoms with E-state index in [1.165, 1.54) is 28.6 Å². The molecular weight excluding hydrogens is 390 g/mol. The molecule has 146 valence electrons. The third kappa shape index (κ3) is 4.00. The van der Waals surface area contributed by atoms with E-state index in [9.17, 15) is 4.79 Å². The summed E-state index contributed by atoms with van der Waals surface area (Å²) in [6, 6.07) is 11.9. The summed E-state index contributed by atoms with van der Waals surface area (Å²) in [4.78, 5) is 16.8. The minimum Gasteiger partial charge on any atom is -0.410 e. The predicted molar refractivity (Wildman–Crippen MR) is 113 cm³/mol. The van der Waals surface area contributed by atoms with E-state index in [0.29, 0.717) is 11.1 Å². The van der Waals surface area contributed by atoms with Gasteiger partial charge in [-0.25, -0.2) is 0 Å². The van der Waals surface area contributed by atoms with E-state index in [2.05, 4.69) is 23.2 Å². The summed E-state index contributed by atoms with van der Waals surface area (Å²) >= 11 is 3.05. The van der Waals surface area contributed by atoms with Gasteiger partial charge in [-0.05, 0) is 54.1 Å². The van der Waals surface area contributed by atoms with Crippen molar-refractivity contribution in [1.82, 2.24) is 15.1 Å². The highest BCUT2D eigenvalue weighted by atomic mass is 32.2. The van der Waals surface area contributed by atoms with Gasteiger partial charge in [0.1, 0.15) is 5.25 Å². The largest absolute Gasteiger partial charge is 0.410 e. The Morgan fingerprint density at radius 2 is 2.07 bits per heavy atom. The fourth-order valence-corrected chi connectivity index (χ4v) is 5.54. The molecule has 1 aromatic carbocycles. The van der Waals surface area contributed by atoms with Crippen molar-refractivity contribution in [2.45, 2.75) is 36.7 Å². The number of thiophene rings is 1. The van der Waals surface area contributed by atoms with Gasteiger partial charge in [-0.15, -0.1) is 21.5 Å². The van der Waals surface area contributed by atoms with Crippen LogP contribution in [0.2, 0.25) is 0 Å². The Kier molecular flexibility index (Phi) is 5.55. The molecule has 0 saturated heterocycles. The lowest BCUT2D eigenvalue weighted by Crippen LogP contribution is -2.26. The fourth-order valence-electron chi connectivity index (χ4n) is 3.39. The zero-order valence-corrected chi connectivity index (χ0v) is 17.8. The van der Waals surface area contributed by atoms with E-state index in [0.717, 1.165) is 29.2 Å². The first kappa shape index (κ1) is 19.2. The highest BCUT2D eigenvalue weighted by Gasteiger charge is 2.27. The van der Waals surface area contributed by atoms with E-state index < -0.39 is 5.25 Å². The van der Waals surface area contributed by atoms with Gasteiger partial charge < -0.3 is 9.32 Å². The van der Waals surface area contributed by atoms with Gasteiger partial charge in [0.05, 0.1) is 4.88 Å². The van der Waals surface area contributed by atoms with Crippen LogP contribution in [-0.4, -0.2) is 35.1 Å². The Balaban J connectivity index is 1.57. The summed E-state index contributed by atoms with van der Waals surface area (Å²) in [7, 11) is 3.52. The van der Waals surface area contributed by atoms with Gasteiger partial charge in [-0.1, -0.05) is 37.3 Å². The van der Waals surface area contributed by atoms with Crippen molar-refractivity contribution in [3.05, 3.63) is 52.4 Å². The second-order valence-corrected chi connectivity index (χ2v) is 9.61. The second-order valence-electron chi connectivity index (χ2n) is 7.42. The van der Waals surface area contributed by atoms with E-state index in [1.54, 1.807) is 30.3 Å². The highest BCUT2D eigenvalue weighted by Crippen LogP contribution is 2.40. The van der Waals surface area contributed by atoms with Crippen molar-refractivity contribution < 1.29 is 9.21 Å². The van der Waals surface area contributed by atoms with E-state index in [4.69, 9.17) is 4.42 Å². The van der Waals surface area contributed by atoms with Crippen LogP contribution < -0.4 is 0 Å². The van der Waals surface area contributed by atoms with E-state index >= 15 is 0 Å². The van der Waals surface area contributed by atoms with Crippen molar-refractivity contribution in [3.8, 4) is 10.8 Å². The summed E-state index contributed by atoms with van der Waals surface area (Å²) in [5, 5.41) is 8.45. The maximum absolute atomic E-state index is 12.7. The number of fused-ring (bicyclic) bond motifs is 1. The van der Waals surface area contributed by atoms with Gasteiger partial charge in [0.25, 0.3) is 11.1 Å². The Morgan fingerprint density at radius 3 is 2.82 bits per heavy atom. The molecule has 5 nitrogen and oxygen atoms in total. The Labute approximate surface area is 173 Å². The molecule has 1 amide bonds. The lowest BCUT2D eigenvalue weighted by molar-refractivity contribution is -0.128. The maximum Gasteiger partial charge on any atom is 0.278 e. The predicted octanol–water partition coefficient (Wildman–Crippen LogP) is 4.84. The normalized spacial score (nSPS) is 17.2. The number of likely N-dealkylation sites (N-methyl/N-ethyl adjacent to an activating group) is 1. The van der Waals surface area contributed by atoms with Crippen LogP contribution in [0.3, 0.4) is 0 Å². The zero-order chi connectivity index (χ0) is 19.7. The van der Waals surface area contributed by atoms with Crippen molar-refractivity contribution in [3.63, 3.8) is 0 Å². The zero-order valence-electron chi connectivity index (χ0n) is 16.2. The number of hydrogen-bond acceptors (Lipinski definition) is 6. The van der Waals surface area contributed by atoms with Crippen LogP contribution in [0.4, 0.5) is 0 Å². The van der Waals surface area contributed by atoms with Crippen molar-refractivity contribution in [2.75, 3.05) is 14.1 Å². The molecule has 0 radical (unpaired) electrons. The van der Waals surface area contributed by atoms with Gasteiger partial charge in [0.2, 0.25) is 5.91 Å². The summed E-state index contributed by atoms with van der Waals surface area (Å²) in [6.07, 6.45) is 3.49. The minimum absolute atomic E-state index is 0.00322. The van der Waals surface area contributed by atoms with Gasteiger partial charge in [-0.3, -0.25) is 4.79 Å². The molecule has 4 rings (SSSR count). The van der Waals surface area contributed by atoms with Gasteiger partial charge in [0.15, 0.2) is 0 Å². The summed E-state index contributed by atoms with van der Waals surface area (Å²) in [5.74, 6) is 1.27. The molecule has 0 bridgehead atoms. The van der Waals surface area contributed by atoms with Crippen LogP contribution in [0.1, 0.15) is 34.6 Å². The quantitative estimate of drug-likeness (QED) is 0.560. The third-order valence-corrected chi connectivity index (χ3v) is 7.23.